The molecule has 0 aliphatic carbocycles. The average Bonchev–Trinajstić information content (AvgIpc) is 3.20. The first-order valence-corrected chi connectivity index (χ1v) is 12.0. The molecule has 2 heterocycles. The van der Waals surface area contributed by atoms with Crippen molar-refractivity contribution < 1.29 is 18.4 Å². The Balaban J connectivity index is 1.40. The number of hydrogen-bond donors (Lipinski definition) is 0. The van der Waals surface area contributed by atoms with Gasteiger partial charge in [0.15, 0.2) is 5.78 Å². The van der Waals surface area contributed by atoms with E-state index in [2.05, 4.69) is 0 Å². The van der Waals surface area contributed by atoms with Gasteiger partial charge < -0.3 is 4.90 Å². The van der Waals surface area contributed by atoms with E-state index in [9.17, 15) is 18.4 Å². The topological polar surface area (TPSA) is 37.4 Å². The lowest BCUT2D eigenvalue weighted by atomic mass is 9.88. The highest BCUT2D eigenvalue weighted by Gasteiger charge is 2.29. The van der Waals surface area contributed by atoms with Gasteiger partial charge in [0.2, 0.25) is 5.91 Å². The van der Waals surface area contributed by atoms with Crippen LogP contribution in [0.3, 0.4) is 0 Å². The molecule has 2 aliphatic rings. The minimum absolute atomic E-state index is 0.145. The van der Waals surface area contributed by atoms with Gasteiger partial charge in [0.05, 0.1) is 5.56 Å². The van der Waals surface area contributed by atoms with Crippen molar-refractivity contribution in [1.29, 1.82) is 0 Å². The summed E-state index contributed by atoms with van der Waals surface area (Å²) in [7, 11) is 3.91. The van der Waals surface area contributed by atoms with E-state index < -0.39 is 11.6 Å². The molecule has 148 valence electrons. The molecule has 1 aromatic carbocycles. The second kappa shape index (κ2) is 9.92. The van der Waals surface area contributed by atoms with Gasteiger partial charge in [-0.05, 0) is 50.3 Å². The fraction of sp³-hybridized carbons (Fsp3) is 0.600. The highest BCUT2D eigenvalue weighted by molar-refractivity contribution is 8.77. The SMILES string of the molecule is O=C(c1cc(F)ccc1F)C1CCN(C(=O)CCCCC2CCSS2)CC1. The second-order valence-electron chi connectivity index (χ2n) is 7.22. The van der Waals surface area contributed by atoms with E-state index in [0.717, 1.165) is 36.3 Å². The Hall–Kier alpha value is -1.08. The number of hydrogen-bond acceptors (Lipinski definition) is 4. The minimum atomic E-state index is -0.682. The van der Waals surface area contributed by atoms with Crippen molar-refractivity contribution >= 4 is 33.3 Å². The summed E-state index contributed by atoms with van der Waals surface area (Å²) in [4.78, 5) is 26.6. The maximum absolute atomic E-state index is 13.8. The molecule has 1 unspecified atom stereocenters. The van der Waals surface area contributed by atoms with Crippen LogP contribution in [-0.4, -0.2) is 40.7 Å². The number of amides is 1. The molecule has 3 nitrogen and oxygen atoms in total. The summed E-state index contributed by atoms with van der Waals surface area (Å²) in [5.41, 5.74) is -0.178. The summed E-state index contributed by atoms with van der Waals surface area (Å²) in [6, 6.07) is 2.97. The fourth-order valence-electron chi connectivity index (χ4n) is 3.67. The Morgan fingerprint density at radius 1 is 1.11 bits per heavy atom. The largest absolute Gasteiger partial charge is 0.343 e. The van der Waals surface area contributed by atoms with E-state index in [4.69, 9.17) is 0 Å². The summed E-state index contributed by atoms with van der Waals surface area (Å²) in [5.74, 6) is -0.609. The normalized spacial score (nSPS) is 20.8. The number of carbonyl (C=O) groups is 2. The third-order valence-corrected chi connectivity index (χ3v) is 8.31. The Morgan fingerprint density at radius 2 is 1.89 bits per heavy atom. The van der Waals surface area contributed by atoms with Crippen LogP contribution >= 0.6 is 21.6 Å². The third-order valence-electron chi connectivity index (χ3n) is 5.31. The maximum atomic E-state index is 13.8. The molecule has 3 rings (SSSR count). The van der Waals surface area contributed by atoms with Crippen molar-refractivity contribution in [2.24, 2.45) is 5.92 Å². The molecule has 1 atom stereocenters. The van der Waals surface area contributed by atoms with Gasteiger partial charge in [-0.15, -0.1) is 0 Å². The Morgan fingerprint density at radius 3 is 2.59 bits per heavy atom. The molecule has 0 bridgehead atoms. The van der Waals surface area contributed by atoms with Crippen molar-refractivity contribution in [2.45, 2.75) is 50.2 Å². The highest BCUT2D eigenvalue weighted by atomic mass is 33.1. The van der Waals surface area contributed by atoms with E-state index in [0.29, 0.717) is 32.4 Å². The monoisotopic (exact) mass is 413 g/mol. The summed E-state index contributed by atoms with van der Waals surface area (Å²) >= 11 is 0. The van der Waals surface area contributed by atoms with Crippen LogP contribution in [0.4, 0.5) is 8.78 Å². The molecule has 1 aromatic rings. The molecule has 2 saturated heterocycles. The van der Waals surface area contributed by atoms with Crippen LogP contribution in [0.15, 0.2) is 18.2 Å². The number of ketones is 1. The first-order valence-electron chi connectivity index (χ1n) is 9.60. The summed E-state index contributed by atoms with van der Waals surface area (Å²) < 4.78 is 27.1. The van der Waals surface area contributed by atoms with E-state index in [1.54, 1.807) is 0 Å². The Kier molecular flexibility index (Phi) is 7.58. The van der Waals surface area contributed by atoms with Crippen molar-refractivity contribution in [3.63, 3.8) is 0 Å². The molecule has 0 aromatic heterocycles. The van der Waals surface area contributed by atoms with Crippen LogP contribution in [0.25, 0.3) is 0 Å². The van der Waals surface area contributed by atoms with Crippen LogP contribution in [0.1, 0.15) is 55.3 Å². The lowest BCUT2D eigenvalue weighted by Crippen LogP contribution is -2.40. The van der Waals surface area contributed by atoms with E-state index in [-0.39, 0.29) is 23.2 Å². The van der Waals surface area contributed by atoms with E-state index in [1.807, 2.05) is 26.5 Å². The van der Waals surface area contributed by atoms with Crippen LogP contribution in [-0.2, 0) is 4.79 Å². The molecule has 27 heavy (non-hydrogen) atoms. The highest BCUT2D eigenvalue weighted by Crippen LogP contribution is 2.39. The zero-order valence-electron chi connectivity index (χ0n) is 15.3. The number of carbonyl (C=O) groups excluding carboxylic acids is 2. The van der Waals surface area contributed by atoms with Crippen molar-refractivity contribution in [2.75, 3.05) is 18.8 Å². The van der Waals surface area contributed by atoms with Gasteiger partial charge in [-0.1, -0.05) is 28.0 Å². The lowest BCUT2D eigenvalue weighted by Gasteiger charge is -2.31. The molecule has 0 radical (unpaired) electrons. The summed E-state index contributed by atoms with van der Waals surface area (Å²) in [6.45, 7) is 1.03. The second-order valence-corrected chi connectivity index (χ2v) is 10.0. The number of nitrogens with zero attached hydrogens (tertiary/aromatic N) is 1. The van der Waals surface area contributed by atoms with Crippen LogP contribution < -0.4 is 0 Å². The predicted octanol–water partition coefficient (Wildman–Crippen LogP) is 5.10. The molecule has 2 fully saturated rings. The predicted molar refractivity (Wildman–Crippen MR) is 107 cm³/mol. The molecular formula is C20H25F2NO2S2. The first kappa shape index (κ1) is 20.6. The standard InChI is InChI=1S/C20H25F2NO2S2/c21-15-5-6-18(22)17(13-15)20(25)14-7-10-23(11-8-14)19(24)4-2-1-3-16-9-12-26-27-16/h5-6,13-14,16H,1-4,7-12H2. The number of unbranched alkanes of at least 4 members (excludes halogenated alkanes) is 1. The van der Waals surface area contributed by atoms with Gasteiger partial charge in [0.1, 0.15) is 11.6 Å². The van der Waals surface area contributed by atoms with Crippen LogP contribution in [0.5, 0.6) is 0 Å². The van der Waals surface area contributed by atoms with Gasteiger partial charge in [-0.3, -0.25) is 9.59 Å². The van der Waals surface area contributed by atoms with Crippen molar-refractivity contribution in [3.8, 4) is 0 Å². The molecule has 7 heteroatoms. The van der Waals surface area contributed by atoms with Crippen molar-refractivity contribution in [1.82, 2.24) is 4.90 Å². The van der Waals surface area contributed by atoms with Gasteiger partial charge in [0.25, 0.3) is 0 Å². The average molecular weight is 414 g/mol. The van der Waals surface area contributed by atoms with Gasteiger partial charge >= 0.3 is 0 Å². The Bertz CT molecular complexity index is 672. The number of piperidine rings is 1. The lowest BCUT2D eigenvalue weighted by molar-refractivity contribution is -0.132. The number of benzene rings is 1. The van der Waals surface area contributed by atoms with E-state index >= 15 is 0 Å². The smallest absolute Gasteiger partial charge is 0.222 e. The number of Topliss-reactive ketones (excluding diaryl/α,β-unsaturated/α-hetero) is 1. The number of rotatable bonds is 7. The zero-order chi connectivity index (χ0) is 19.2. The minimum Gasteiger partial charge on any atom is -0.343 e. The molecule has 1 amide bonds. The maximum Gasteiger partial charge on any atom is 0.222 e. The number of likely N-dealkylation sites (tertiary alicyclic amines) is 1. The number of halogens is 2. The summed E-state index contributed by atoms with van der Waals surface area (Å²) in [5, 5.41) is 0.745. The Labute approximate surface area is 167 Å². The van der Waals surface area contributed by atoms with E-state index in [1.165, 1.54) is 18.6 Å². The van der Waals surface area contributed by atoms with Gasteiger partial charge in [0, 0.05) is 36.4 Å². The van der Waals surface area contributed by atoms with Crippen LogP contribution in [0.2, 0.25) is 0 Å². The first-order chi connectivity index (χ1) is 13.0. The molecular weight excluding hydrogens is 388 g/mol. The zero-order valence-corrected chi connectivity index (χ0v) is 16.9. The van der Waals surface area contributed by atoms with Gasteiger partial charge in [-0.2, -0.15) is 0 Å². The third kappa shape index (κ3) is 5.70. The van der Waals surface area contributed by atoms with Gasteiger partial charge in [-0.25, -0.2) is 8.78 Å². The van der Waals surface area contributed by atoms with Crippen molar-refractivity contribution in [3.05, 3.63) is 35.4 Å². The summed E-state index contributed by atoms with van der Waals surface area (Å²) in [6.07, 6.45) is 6.03. The molecule has 0 saturated carbocycles. The molecule has 0 spiro atoms. The van der Waals surface area contributed by atoms with Crippen LogP contribution in [0, 0.1) is 17.6 Å². The molecule has 0 N–H and O–H groups in total. The molecule has 2 aliphatic heterocycles. The fourth-order valence-corrected chi connectivity index (χ4v) is 6.70. The quantitative estimate of drug-likeness (QED) is 0.354.